The zero-order valence-corrected chi connectivity index (χ0v) is 17.4. The van der Waals surface area contributed by atoms with E-state index >= 15 is 0 Å². The Balaban J connectivity index is 1.66. The minimum absolute atomic E-state index is 0.00661. The summed E-state index contributed by atoms with van der Waals surface area (Å²) in [6.07, 6.45) is 0. The van der Waals surface area contributed by atoms with Gasteiger partial charge in [0.15, 0.2) is 12.4 Å². The fraction of sp³-hybridized carbons (Fsp3) is 0.0909. The van der Waals surface area contributed by atoms with Crippen molar-refractivity contribution >= 4 is 27.6 Å². The third kappa shape index (κ3) is 5.91. The standard InChI is InChI=1S/C22H20N2O6S/c1-15-11-12-17(31(23,27)28)13-18(15)22(26)29-14-21(25)24-19-9-5-6-10-20(19)30-16-7-3-2-4-8-16/h2-13H,14H2,1H3,(H,24,25)(H2,23,27,28). The molecule has 0 aliphatic carbocycles. The van der Waals surface area contributed by atoms with Crippen LogP contribution in [0.2, 0.25) is 0 Å². The Bertz CT molecular complexity index is 1210. The number of carbonyl (C=O) groups excluding carboxylic acids is 2. The predicted octanol–water partition coefficient (Wildman–Crippen LogP) is 3.23. The molecule has 0 heterocycles. The van der Waals surface area contributed by atoms with Crippen LogP contribution in [0.5, 0.6) is 11.5 Å². The third-order valence-electron chi connectivity index (χ3n) is 4.22. The highest BCUT2D eigenvalue weighted by Crippen LogP contribution is 2.29. The molecule has 3 N–H and O–H groups in total. The quantitative estimate of drug-likeness (QED) is 0.544. The number of sulfonamides is 1. The summed E-state index contributed by atoms with van der Waals surface area (Å²) in [6.45, 7) is 1.04. The number of primary sulfonamides is 1. The molecular formula is C22H20N2O6S. The summed E-state index contributed by atoms with van der Waals surface area (Å²) in [7, 11) is -3.98. The Hall–Kier alpha value is -3.69. The van der Waals surface area contributed by atoms with Gasteiger partial charge in [-0.1, -0.05) is 36.4 Å². The first-order valence-electron chi connectivity index (χ1n) is 9.16. The number of para-hydroxylation sites is 3. The van der Waals surface area contributed by atoms with Crippen LogP contribution in [0.1, 0.15) is 15.9 Å². The average molecular weight is 440 g/mol. The number of nitrogens with one attached hydrogen (secondary N) is 1. The largest absolute Gasteiger partial charge is 0.455 e. The number of nitrogens with two attached hydrogens (primary N) is 1. The van der Waals surface area contributed by atoms with Crippen molar-refractivity contribution in [3.05, 3.63) is 83.9 Å². The van der Waals surface area contributed by atoms with Crippen molar-refractivity contribution in [1.29, 1.82) is 0 Å². The van der Waals surface area contributed by atoms with Gasteiger partial charge in [0.25, 0.3) is 5.91 Å². The lowest BCUT2D eigenvalue weighted by molar-refractivity contribution is -0.119. The average Bonchev–Trinajstić information content (AvgIpc) is 2.73. The van der Waals surface area contributed by atoms with E-state index in [4.69, 9.17) is 14.6 Å². The molecule has 0 fully saturated rings. The lowest BCUT2D eigenvalue weighted by Crippen LogP contribution is -2.22. The highest BCUT2D eigenvalue weighted by molar-refractivity contribution is 7.89. The first kappa shape index (κ1) is 22.0. The van der Waals surface area contributed by atoms with E-state index < -0.39 is 28.5 Å². The Morgan fingerprint density at radius 2 is 1.65 bits per heavy atom. The number of rotatable bonds is 7. The molecule has 0 unspecified atom stereocenters. The van der Waals surface area contributed by atoms with Crippen LogP contribution >= 0.6 is 0 Å². The molecule has 160 valence electrons. The summed E-state index contributed by atoms with van der Waals surface area (Å²) in [4.78, 5) is 24.4. The van der Waals surface area contributed by atoms with Crippen LogP contribution in [0.4, 0.5) is 5.69 Å². The number of aryl methyl sites for hydroxylation is 1. The van der Waals surface area contributed by atoms with Crippen LogP contribution in [0, 0.1) is 6.92 Å². The number of hydrogen-bond donors (Lipinski definition) is 2. The van der Waals surface area contributed by atoms with Crippen LogP contribution < -0.4 is 15.2 Å². The first-order chi connectivity index (χ1) is 14.7. The molecule has 0 radical (unpaired) electrons. The van der Waals surface area contributed by atoms with Gasteiger partial charge in [-0.05, 0) is 48.9 Å². The van der Waals surface area contributed by atoms with Crippen LogP contribution in [-0.4, -0.2) is 26.9 Å². The number of esters is 1. The minimum atomic E-state index is -3.98. The molecule has 0 aliphatic heterocycles. The maximum Gasteiger partial charge on any atom is 0.338 e. The maximum absolute atomic E-state index is 12.3. The van der Waals surface area contributed by atoms with Crippen molar-refractivity contribution in [2.24, 2.45) is 5.14 Å². The molecule has 0 aromatic heterocycles. The number of benzene rings is 3. The van der Waals surface area contributed by atoms with Gasteiger partial charge in [0, 0.05) is 0 Å². The summed E-state index contributed by atoms with van der Waals surface area (Å²) >= 11 is 0. The highest BCUT2D eigenvalue weighted by Gasteiger charge is 2.17. The van der Waals surface area contributed by atoms with Crippen LogP contribution in [0.15, 0.2) is 77.7 Å². The molecular weight excluding hydrogens is 420 g/mol. The van der Waals surface area contributed by atoms with E-state index in [-0.39, 0.29) is 10.5 Å². The van der Waals surface area contributed by atoms with Crippen molar-refractivity contribution in [2.75, 3.05) is 11.9 Å². The van der Waals surface area contributed by atoms with Gasteiger partial charge in [-0.25, -0.2) is 18.4 Å². The number of hydrogen-bond acceptors (Lipinski definition) is 6. The van der Waals surface area contributed by atoms with Gasteiger partial charge in [-0.2, -0.15) is 0 Å². The fourth-order valence-electron chi connectivity index (χ4n) is 2.67. The maximum atomic E-state index is 12.3. The second-order valence-electron chi connectivity index (χ2n) is 6.56. The lowest BCUT2D eigenvalue weighted by atomic mass is 10.1. The van der Waals surface area contributed by atoms with Gasteiger partial charge in [0.2, 0.25) is 10.0 Å². The zero-order valence-electron chi connectivity index (χ0n) is 16.6. The van der Waals surface area contributed by atoms with E-state index in [1.807, 2.05) is 18.2 Å². The highest BCUT2D eigenvalue weighted by atomic mass is 32.2. The predicted molar refractivity (Wildman–Crippen MR) is 114 cm³/mol. The number of amides is 1. The van der Waals surface area contributed by atoms with Crippen molar-refractivity contribution in [3.63, 3.8) is 0 Å². The van der Waals surface area contributed by atoms with E-state index in [9.17, 15) is 18.0 Å². The molecule has 3 rings (SSSR count). The first-order valence-corrected chi connectivity index (χ1v) is 10.7. The molecule has 0 aliphatic rings. The van der Waals surface area contributed by atoms with Crippen molar-refractivity contribution in [3.8, 4) is 11.5 Å². The SMILES string of the molecule is Cc1ccc(S(N)(=O)=O)cc1C(=O)OCC(=O)Nc1ccccc1Oc1ccccc1. The van der Waals surface area contributed by atoms with Gasteiger partial charge < -0.3 is 14.8 Å². The summed E-state index contributed by atoms with van der Waals surface area (Å²) in [5.74, 6) is -0.407. The molecule has 0 saturated carbocycles. The van der Waals surface area contributed by atoms with Crippen LogP contribution in [0.3, 0.4) is 0 Å². The van der Waals surface area contributed by atoms with E-state index in [0.717, 1.165) is 6.07 Å². The Labute approximate surface area is 179 Å². The molecule has 0 atom stereocenters. The molecule has 0 saturated heterocycles. The van der Waals surface area contributed by atoms with Gasteiger partial charge in [0.1, 0.15) is 5.75 Å². The van der Waals surface area contributed by atoms with Crippen molar-refractivity contribution < 1.29 is 27.5 Å². The number of ether oxygens (including phenoxy) is 2. The Kier molecular flexibility index (Phi) is 6.68. The topological polar surface area (TPSA) is 125 Å². The van der Waals surface area contributed by atoms with Gasteiger partial charge >= 0.3 is 5.97 Å². The number of anilines is 1. The minimum Gasteiger partial charge on any atom is -0.455 e. The molecule has 9 heteroatoms. The van der Waals surface area contributed by atoms with Crippen molar-refractivity contribution in [2.45, 2.75) is 11.8 Å². The zero-order chi connectivity index (χ0) is 22.4. The Morgan fingerprint density at radius 3 is 2.35 bits per heavy atom. The molecule has 0 bridgehead atoms. The number of carbonyl (C=O) groups is 2. The summed E-state index contributed by atoms with van der Waals surface area (Å²) < 4.78 is 33.8. The van der Waals surface area contributed by atoms with Crippen molar-refractivity contribution in [1.82, 2.24) is 0 Å². The molecule has 1 amide bonds. The van der Waals surface area contributed by atoms with E-state index in [1.54, 1.807) is 43.3 Å². The summed E-state index contributed by atoms with van der Waals surface area (Å²) in [5, 5.41) is 7.73. The van der Waals surface area contributed by atoms with Gasteiger partial charge in [-0.3, -0.25) is 4.79 Å². The lowest BCUT2D eigenvalue weighted by Gasteiger charge is -2.13. The molecule has 8 nitrogen and oxygen atoms in total. The van der Waals surface area contributed by atoms with E-state index in [0.29, 0.717) is 22.7 Å². The molecule has 0 spiro atoms. The third-order valence-corrected chi connectivity index (χ3v) is 5.14. The molecule has 3 aromatic rings. The Morgan fingerprint density at radius 1 is 0.968 bits per heavy atom. The molecule has 3 aromatic carbocycles. The van der Waals surface area contributed by atoms with Gasteiger partial charge in [0.05, 0.1) is 16.1 Å². The van der Waals surface area contributed by atoms with Crippen LogP contribution in [0.25, 0.3) is 0 Å². The monoisotopic (exact) mass is 440 g/mol. The smallest absolute Gasteiger partial charge is 0.338 e. The summed E-state index contributed by atoms with van der Waals surface area (Å²) in [5.41, 5.74) is 0.895. The second kappa shape index (κ2) is 9.41. The summed E-state index contributed by atoms with van der Waals surface area (Å²) in [6, 6.07) is 19.7. The normalized spacial score (nSPS) is 10.9. The second-order valence-corrected chi connectivity index (χ2v) is 8.12. The van der Waals surface area contributed by atoms with Crippen LogP contribution in [-0.2, 0) is 19.6 Å². The van der Waals surface area contributed by atoms with E-state index in [2.05, 4.69) is 5.32 Å². The molecule has 31 heavy (non-hydrogen) atoms. The van der Waals surface area contributed by atoms with E-state index in [1.165, 1.54) is 12.1 Å². The fourth-order valence-corrected chi connectivity index (χ4v) is 3.21. The van der Waals surface area contributed by atoms with Gasteiger partial charge in [-0.15, -0.1) is 0 Å².